The summed E-state index contributed by atoms with van der Waals surface area (Å²) in [6, 6.07) is 84.0. The van der Waals surface area contributed by atoms with Crippen LogP contribution in [0.2, 0.25) is 0 Å². The lowest BCUT2D eigenvalue weighted by Gasteiger charge is -2.45. The molecule has 2 heterocycles. The Labute approximate surface area is 360 Å². The van der Waals surface area contributed by atoms with Crippen LogP contribution in [-0.4, -0.2) is 4.57 Å². The number of benzene rings is 10. The van der Waals surface area contributed by atoms with Crippen LogP contribution in [0.3, 0.4) is 0 Å². The van der Waals surface area contributed by atoms with E-state index in [4.69, 9.17) is 4.74 Å². The van der Waals surface area contributed by atoms with E-state index in [1.54, 1.807) is 0 Å². The summed E-state index contributed by atoms with van der Waals surface area (Å²) in [4.78, 5) is 2.50. The summed E-state index contributed by atoms with van der Waals surface area (Å²) >= 11 is 0. The first-order chi connectivity index (χ1) is 30.8. The fraction of sp³-hybridized carbons (Fsp3) is 0.0169. The third-order valence-corrected chi connectivity index (χ3v) is 13.2. The first-order valence-corrected chi connectivity index (χ1v) is 21.4. The number of para-hydroxylation sites is 5. The van der Waals surface area contributed by atoms with Crippen LogP contribution in [0.4, 0.5) is 17.1 Å². The Morgan fingerprint density at radius 3 is 1.76 bits per heavy atom. The van der Waals surface area contributed by atoms with Crippen molar-refractivity contribution in [3.05, 3.63) is 253 Å². The summed E-state index contributed by atoms with van der Waals surface area (Å²) in [7, 11) is 0. The maximum Gasteiger partial charge on any atom is 0.132 e. The number of anilines is 3. The average molecular weight is 791 g/mol. The van der Waals surface area contributed by atoms with Gasteiger partial charge in [-0.3, -0.25) is 0 Å². The van der Waals surface area contributed by atoms with Crippen molar-refractivity contribution in [1.82, 2.24) is 4.57 Å². The van der Waals surface area contributed by atoms with Crippen molar-refractivity contribution in [1.29, 1.82) is 0 Å². The smallest absolute Gasteiger partial charge is 0.132 e. The molecule has 11 aromatic rings. The van der Waals surface area contributed by atoms with Crippen LogP contribution in [0.1, 0.15) is 22.3 Å². The number of fused-ring (bicyclic) bond motifs is 11. The van der Waals surface area contributed by atoms with Gasteiger partial charge >= 0.3 is 0 Å². The van der Waals surface area contributed by atoms with Crippen LogP contribution in [0, 0.1) is 0 Å². The summed E-state index contributed by atoms with van der Waals surface area (Å²) in [5.74, 6) is 1.77. The number of aromatic nitrogens is 1. The van der Waals surface area contributed by atoms with E-state index in [9.17, 15) is 0 Å². The molecule has 0 N–H and O–H groups in total. The van der Waals surface area contributed by atoms with Crippen LogP contribution >= 0.6 is 0 Å². The van der Waals surface area contributed by atoms with Gasteiger partial charge in [-0.2, -0.15) is 0 Å². The molecular weight excluding hydrogens is 753 g/mol. The summed E-state index contributed by atoms with van der Waals surface area (Å²) in [6.07, 6.45) is 0. The molecule has 0 bridgehead atoms. The van der Waals surface area contributed by atoms with E-state index in [0.29, 0.717) is 0 Å². The first-order valence-electron chi connectivity index (χ1n) is 21.4. The van der Waals surface area contributed by atoms with E-state index in [-0.39, 0.29) is 0 Å². The lowest BCUT2D eigenvalue weighted by atomic mass is 9.58. The predicted molar refractivity (Wildman–Crippen MR) is 256 cm³/mol. The maximum atomic E-state index is 6.72. The molecule has 0 unspecified atom stereocenters. The minimum absolute atomic E-state index is 0.616. The van der Waals surface area contributed by atoms with Gasteiger partial charge in [-0.25, -0.2) is 0 Å². The van der Waals surface area contributed by atoms with Crippen LogP contribution in [0.25, 0.3) is 60.5 Å². The quantitative estimate of drug-likeness (QED) is 0.173. The number of ether oxygens (including phenoxy) is 1. The Hall–Kier alpha value is -8.14. The van der Waals surface area contributed by atoms with Gasteiger partial charge < -0.3 is 14.2 Å². The fourth-order valence-corrected chi connectivity index (χ4v) is 10.8. The number of hydrogen-bond acceptors (Lipinski definition) is 2. The standard InChI is InChI=1S/C59H38N2O/c1-3-18-39(19-4-1)42-22-8-13-30-52(42)61(41-34-35-45-44-24-9-14-31-53(44)60(55(45)38-41)40-20-5-2-6-21-40)54-37-36-46-43-23-7-10-26-48(43)59(51-29-17-25-47(54)58(46)51)49-27-11-15-32-56(49)62-57-33-16-12-28-50(57)59/h1-38H. The SMILES string of the molecule is c1ccc(-c2ccccc2N(c2ccc3c4ccccc4n(-c4ccccc4)c3c2)c2ccc3c4c(cccc24)C2(c4ccccc4Oc4ccccc42)c2ccccc2-3)cc1. The normalized spacial score (nSPS) is 13.1. The Morgan fingerprint density at radius 2 is 0.968 bits per heavy atom. The van der Waals surface area contributed by atoms with Crippen LogP contribution in [-0.2, 0) is 5.41 Å². The largest absolute Gasteiger partial charge is 0.457 e. The van der Waals surface area contributed by atoms with Crippen LogP contribution in [0.15, 0.2) is 231 Å². The highest BCUT2D eigenvalue weighted by Gasteiger charge is 2.49. The molecule has 13 rings (SSSR count). The molecule has 0 amide bonds. The van der Waals surface area contributed by atoms with Gasteiger partial charge in [-0.1, -0.05) is 176 Å². The lowest BCUT2D eigenvalue weighted by molar-refractivity contribution is 0.435. The van der Waals surface area contributed by atoms with E-state index in [2.05, 4.69) is 240 Å². The molecule has 0 fully saturated rings. The Bertz CT molecular complexity index is 3520. The number of hydrogen-bond donors (Lipinski definition) is 0. The highest BCUT2D eigenvalue weighted by Crippen LogP contribution is 2.62. The molecule has 1 spiro atoms. The lowest BCUT2D eigenvalue weighted by Crippen LogP contribution is -2.36. The highest BCUT2D eigenvalue weighted by molar-refractivity contribution is 6.14. The van der Waals surface area contributed by atoms with E-state index in [1.807, 2.05) is 0 Å². The van der Waals surface area contributed by atoms with Gasteiger partial charge in [0.25, 0.3) is 0 Å². The third kappa shape index (κ3) is 4.82. The zero-order valence-corrected chi connectivity index (χ0v) is 33.7. The Balaban J connectivity index is 1.15. The zero-order chi connectivity index (χ0) is 40.8. The minimum Gasteiger partial charge on any atom is -0.457 e. The van der Waals surface area contributed by atoms with E-state index in [0.717, 1.165) is 56.5 Å². The van der Waals surface area contributed by atoms with E-state index in [1.165, 1.54) is 54.9 Å². The zero-order valence-electron chi connectivity index (χ0n) is 33.7. The molecule has 1 aliphatic heterocycles. The highest BCUT2D eigenvalue weighted by atomic mass is 16.5. The van der Waals surface area contributed by atoms with Gasteiger partial charge in [-0.15, -0.1) is 0 Å². The van der Waals surface area contributed by atoms with Crippen molar-refractivity contribution in [3.8, 4) is 39.4 Å². The van der Waals surface area contributed by atoms with Gasteiger partial charge in [0, 0.05) is 44.2 Å². The van der Waals surface area contributed by atoms with Crippen molar-refractivity contribution in [2.24, 2.45) is 0 Å². The van der Waals surface area contributed by atoms with Gasteiger partial charge in [0.1, 0.15) is 11.5 Å². The summed E-state index contributed by atoms with van der Waals surface area (Å²) in [6.45, 7) is 0. The molecule has 1 aliphatic carbocycles. The van der Waals surface area contributed by atoms with E-state index >= 15 is 0 Å². The van der Waals surface area contributed by atoms with Gasteiger partial charge in [0.2, 0.25) is 0 Å². The fourth-order valence-electron chi connectivity index (χ4n) is 10.8. The Morgan fingerprint density at radius 1 is 0.371 bits per heavy atom. The second-order valence-electron chi connectivity index (χ2n) is 16.4. The molecule has 1 aromatic heterocycles. The summed E-state index contributed by atoms with van der Waals surface area (Å²) < 4.78 is 9.14. The number of nitrogens with zero attached hydrogens (tertiary/aromatic N) is 2. The monoisotopic (exact) mass is 790 g/mol. The van der Waals surface area contributed by atoms with Crippen molar-refractivity contribution in [3.63, 3.8) is 0 Å². The summed E-state index contributed by atoms with van der Waals surface area (Å²) in [5.41, 5.74) is 15.8. The molecular formula is C59H38N2O. The van der Waals surface area contributed by atoms with Crippen LogP contribution in [0.5, 0.6) is 11.5 Å². The second-order valence-corrected chi connectivity index (χ2v) is 16.4. The minimum atomic E-state index is -0.616. The molecule has 0 atom stereocenters. The molecule has 0 saturated carbocycles. The van der Waals surface area contributed by atoms with Crippen molar-refractivity contribution >= 4 is 49.6 Å². The molecule has 62 heavy (non-hydrogen) atoms. The Kier molecular flexibility index (Phi) is 7.52. The summed E-state index contributed by atoms with van der Waals surface area (Å²) in [5, 5.41) is 4.88. The third-order valence-electron chi connectivity index (χ3n) is 13.2. The topological polar surface area (TPSA) is 17.4 Å². The van der Waals surface area contributed by atoms with Crippen LogP contribution < -0.4 is 9.64 Å². The van der Waals surface area contributed by atoms with Crippen molar-refractivity contribution in [2.45, 2.75) is 5.41 Å². The van der Waals surface area contributed by atoms with Crippen molar-refractivity contribution in [2.75, 3.05) is 4.90 Å². The maximum absolute atomic E-state index is 6.72. The van der Waals surface area contributed by atoms with Gasteiger partial charge in [0.05, 0.1) is 27.8 Å². The van der Waals surface area contributed by atoms with Gasteiger partial charge in [0.15, 0.2) is 0 Å². The molecule has 10 aromatic carbocycles. The first kappa shape index (κ1) is 34.7. The molecule has 2 aliphatic rings. The predicted octanol–water partition coefficient (Wildman–Crippen LogP) is 15.5. The molecule has 3 heteroatoms. The second kappa shape index (κ2) is 13.4. The molecule has 3 nitrogen and oxygen atoms in total. The number of rotatable bonds is 5. The molecule has 290 valence electrons. The van der Waals surface area contributed by atoms with Crippen molar-refractivity contribution < 1.29 is 4.74 Å². The molecule has 0 saturated heterocycles. The van der Waals surface area contributed by atoms with Gasteiger partial charge in [-0.05, 0) is 87.8 Å². The average Bonchev–Trinajstić information content (AvgIpc) is 3.67. The molecule has 0 radical (unpaired) electrons. The van der Waals surface area contributed by atoms with E-state index < -0.39 is 5.41 Å².